The molecule has 1 aromatic carbocycles. The molecule has 162 valence electrons. The third kappa shape index (κ3) is 5.13. The normalized spacial score (nSPS) is 19.8. The van der Waals surface area contributed by atoms with Crippen molar-refractivity contribution in [1.82, 2.24) is 4.31 Å². The fraction of sp³-hybridized carbons (Fsp3) is 0.650. The maximum atomic E-state index is 11.9. The topological polar surface area (TPSA) is 93.1 Å². The minimum absolute atomic E-state index is 0.145. The van der Waals surface area contributed by atoms with Crippen molar-refractivity contribution in [2.75, 3.05) is 12.8 Å². The zero-order chi connectivity index (χ0) is 22.4. The quantitative estimate of drug-likeness (QED) is 0.729. The maximum Gasteiger partial charge on any atom is 0.494 e. The second-order valence-electron chi connectivity index (χ2n) is 9.75. The van der Waals surface area contributed by atoms with Crippen LogP contribution in [-0.4, -0.2) is 55.0 Å². The van der Waals surface area contributed by atoms with Crippen LogP contribution in [0.15, 0.2) is 24.3 Å². The van der Waals surface area contributed by atoms with E-state index in [-0.39, 0.29) is 17.9 Å². The summed E-state index contributed by atoms with van der Waals surface area (Å²) in [5.41, 5.74) is 0.472. The summed E-state index contributed by atoms with van der Waals surface area (Å²) < 4.78 is 36.5. The lowest BCUT2D eigenvalue weighted by atomic mass is 9.74. The van der Waals surface area contributed by atoms with Gasteiger partial charge in [-0.1, -0.05) is 45.0 Å². The van der Waals surface area contributed by atoms with E-state index in [1.807, 2.05) is 72.7 Å². The molecule has 0 saturated carbocycles. The Kier molecular flexibility index (Phi) is 6.21. The van der Waals surface area contributed by atoms with E-state index in [0.717, 1.165) is 17.3 Å². The van der Waals surface area contributed by atoms with E-state index >= 15 is 0 Å². The zero-order valence-corrected chi connectivity index (χ0v) is 19.3. The van der Waals surface area contributed by atoms with E-state index in [1.54, 1.807) is 0 Å². The minimum atomic E-state index is -3.88. The minimum Gasteiger partial charge on any atom is -0.464 e. The predicted octanol–water partition coefficient (Wildman–Crippen LogP) is 3.06. The molecular weight excluding hydrogens is 393 g/mol. The van der Waals surface area contributed by atoms with Gasteiger partial charge in [0.2, 0.25) is 10.0 Å². The van der Waals surface area contributed by atoms with Crippen LogP contribution in [0.5, 0.6) is 0 Å². The van der Waals surface area contributed by atoms with Gasteiger partial charge in [-0.2, -0.15) is 0 Å². The second kappa shape index (κ2) is 7.59. The van der Waals surface area contributed by atoms with Gasteiger partial charge in [0, 0.05) is 12.5 Å². The van der Waals surface area contributed by atoms with Gasteiger partial charge in [0.15, 0.2) is 0 Å². The van der Waals surface area contributed by atoms with E-state index in [9.17, 15) is 18.3 Å². The average molecular weight is 425 g/mol. The van der Waals surface area contributed by atoms with Crippen LogP contribution >= 0.6 is 0 Å². The van der Waals surface area contributed by atoms with Gasteiger partial charge in [0.1, 0.15) is 0 Å². The molecule has 0 spiro atoms. The van der Waals surface area contributed by atoms with Crippen molar-refractivity contribution >= 4 is 28.7 Å². The molecule has 1 heterocycles. The van der Waals surface area contributed by atoms with Crippen molar-refractivity contribution < 1.29 is 27.6 Å². The van der Waals surface area contributed by atoms with Crippen LogP contribution in [-0.2, 0) is 19.3 Å². The monoisotopic (exact) mass is 425 g/mol. The molecule has 7 nitrogen and oxygen atoms in total. The molecule has 0 radical (unpaired) electrons. The molecule has 1 N–H and O–H groups in total. The van der Waals surface area contributed by atoms with Crippen LogP contribution in [0.2, 0.25) is 0 Å². The summed E-state index contributed by atoms with van der Waals surface area (Å²) in [6, 6.07) is 7.56. The van der Waals surface area contributed by atoms with Gasteiger partial charge in [-0.15, -0.1) is 0 Å². The Morgan fingerprint density at radius 1 is 1.10 bits per heavy atom. The van der Waals surface area contributed by atoms with E-state index in [2.05, 4.69) is 0 Å². The summed E-state index contributed by atoms with van der Waals surface area (Å²) in [7, 11) is -4.37. The number of hydrogen-bond acceptors (Lipinski definition) is 5. The molecule has 1 unspecified atom stereocenters. The molecule has 1 atom stereocenters. The summed E-state index contributed by atoms with van der Waals surface area (Å²) in [5, 5.41) is 9.37. The molecule has 9 heteroatoms. The molecule has 1 aromatic rings. The van der Waals surface area contributed by atoms with Crippen LogP contribution in [0.25, 0.3) is 0 Å². The first kappa shape index (κ1) is 23.7. The van der Waals surface area contributed by atoms with E-state index in [0.29, 0.717) is 4.31 Å². The van der Waals surface area contributed by atoms with Gasteiger partial charge in [-0.05, 0) is 44.1 Å². The molecule has 29 heavy (non-hydrogen) atoms. The number of nitrogens with zero attached hydrogens (tertiary/aromatic N) is 1. The summed E-state index contributed by atoms with van der Waals surface area (Å²) >= 11 is 0. The molecule has 2 rings (SSSR count). The fourth-order valence-electron chi connectivity index (χ4n) is 3.27. The second-order valence-corrected chi connectivity index (χ2v) is 11.7. The first-order valence-electron chi connectivity index (χ1n) is 9.62. The van der Waals surface area contributed by atoms with Crippen LogP contribution < -0.4 is 5.46 Å². The first-order valence-corrected chi connectivity index (χ1v) is 11.5. The van der Waals surface area contributed by atoms with Crippen LogP contribution in [0.4, 0.5) is 4.79 Å². The number of rotatable bonds is 5. The number of amides is 1. The van der Waals surface area contributed by atoms with E-state index in [1.165, 1.54) is 0 Å². The largest absolute Gasteiger partial charge is 0.494 e. The fourth-order valence-corrected chi connectivity index (χ4v) is 3.97. The number of carbonyl (C=O) groups is 1. The highest BCUT2D eigenvalue weighted by Crippen LogP contribution is 2.38. The Bertz CT molecular complexity index is 842. The number of hydrogen-bond donors (Lipinski definition) is 1. The molecule has 1 amide bonds. The Hall–Kier alpha value is -1.58. The smallest absolute Gasteiger partial charge is 0.464 e. The van der Waals surface area contributed by atoms with Crippen molar-refractivity contribution in [2.24, 2.45) is 5.41 Å². The SMILES string of the molecule is CC(C)(C)C(CN(C(=O)O)S(C)(=O)=O)c1ccc(B2OC(C)(C)C(C)(C)O2)cc1. The van der Waals surface area contributed by atoms with Crippen LogP contribution in [0.3, 0.4) is 0 Å². The van der Waals surface area contributed by atoms with Gasteiger partial charge < -0.3 is 14.4 Å². The predicted molar refractivity (Wildman–Crippen MR) is 114 cm³/mol. The molecular formula is C20H32BNO6S. The average Bonchev–Trinajstić information content (AvgIpc) is 2.73. The third-order valence-electron chi connectivity index (χ3n) is 5.87. The molecule has 1 fully saturated rings. The number of benzene rings is 1. The molecule has 0 bridgehead atoms. The van der Waals surface area contributed by atoms with Gasteiger partial charge >= 0.3 is 13.2 Å². The Balaban J connectivity index is 2.32. The lowest BCUT2D eigenvalue weighted by Crippen LogP contribution is -2.41. The van der Waals surface area contributed by atoms with E-state index in [4.69, 9.17) is 9.31 Å². The van der Waals surface area contributed by atoms with Crippen molar-refractivity contribution in [1.29, 1.82) is 0 Å². The molecule has 0 aliphatic carbocycles. The van der Waals surface area contributed by atoms with Crippen molar-refractivity contribution in [2.45, 2.75) is 65.6 Å². The molecule has 1 aliphatic heterocycles. The first-order chi connectivity index (χ1) is 13.0. The van der Waals surface area contributed by atoms with Crippen LogP contribution in [0.1, 0.15) is 59.9 Å². The Labute approximate surface area is 174 Å². The summed E-state index contributed by atoms with van der Waals surface area (Å²) in [4.78, 5) is 11.5. The highest BCUT2D eigenvalue weighted by atomic mass is 32.2. The molecule has 0 aromatic heterocycles. The summed E-state index contributed by atoms with van der Waals surface area (Å²) in [6.45, 7) is 13.7. The third-order valence-corrected chi connectivity index (χ3v) is 6.98. The lowest BCUT2D eigenvalue weighted by molar-refractivity contribution is 0.00578. The van der Waals surface area contributed by atoms with Gasteiger partial charge in [-0.3, -0.25) is 0 Å². The molecule has 1 saturated heterocycles. The Morgan fingerprint density at radius 3 is 1.90 bits per heavy atom. The van der Waals surface area contributed by atoms with Gasteiger partial charge in [-0.25, -0.2) is 17.5 Å². The van der Waals surface area contributed by atoms with Crippen molar-refractivity contribution in [3.8, 4) is 0 Å². The number of carboxylic acid groups (broad SMARTS) is 1. The zero-order valence-electron chi connectivity index (χ0n) is 18.5. The Morgan fingerprint density at radius 2 is 1.55 bits per heavy atom. The highest BCUT2D eigenvalue weighted by molar-refractivity contribution is 7.88. The lowest BCUT2D eigenvalue weighted by Gasteiger charge is -2.34. The van der Waals surface area contributed by atoms with Crippen LogP contribution in [0, 0.1) is 5.41 Å². The molecule has 1 aliphatic rings. The van der Waals surface area contributed by atoms with E-state index < -0.39 is 34.4 Å². The summed E-state index contributed by atoms with van der Waals surface area (Å²) in [6.07, 6.45) is -0.571. The van der Waals surface area contributed by atoms with Crippen molar-refractivity contribution in [3.05, 3.63) is 29.8 Å². The summed E-state index contributed by atoms with van der Waals surface area (Å²) in [5.74, 6) is -0.319. The van der Waals surface area contributed by atoms with Gasteiger partial charge in [0.05, 0.1) is 17.5 Å². The standard InChI is InChI=1S/C20H32BNO6S/c1-18(2,3)16(13-22(17(23)24)29(8,25)26)14-9-11-15(12-10-14)21-27-19(4,5)20(6,7)28-21/h9-12,16H,13H2,1-8H3,(H,23,24). The maximum absolute atomic E-state index is 11.9. The van der Waals surface area contributed by atoms with Crippen molar-refractivity contribution in [3.63, 3.8) is 0 Å². The number of sulfonamides is 1. The highest BCUT2D eigenvalue weighted by Gasteiger charge is 2.51. The van der Waals surface area contributed by atoms with Gasteiger partial charge in [0.25, 0.3) is 0 Å².